The quantitative estimate of drug-likeness (QED) is 0.636. The third kappa shape index (κ3) is 1.07. The SMILES string of the molecule is CCc1cn2cc(C)cnc2n1. The van der Waals surface area contributed by atoms with Gasteiger partial charge in [-0.15, -0.1) is 0 Å². The minimum absolute atomic E-state index is 0.789. The molecule has 3 heteroatoms. The molecule has 2 aromatic rings. The van der Waals surface area contributed by atoms with Crippen LogP contribution in [-0.4, -0.2) is 14.4 Å². The summed E-state index contributed by atoms with van der Waals surface area (Å²) in [4.78, 5) is 8.53. The highest BCUT2D eigenvalue weighted by Gasteiger charge is 1.99. The number of aryl methyl sites for hydroxylation is 2. The molecule has 2 heterocycles. The van der Waals surface area contributed by atoms with Crippen LogP contribution in [0, 0.1) is 6.92 Å². The second kappa shape index (κ2) is 2.59. The maximum Gasteiger partial charge on any atom is 0.233 e. The molecular formula is C9H11N3. The van der Waals surface area contributed by atoms with E-state index in [1.807, 2.05) is 29.9 Å². The minimum atomic E-state index is 0.789. The second-order valence-corrected chi connectivity index (χ2v) is 2.92. The first-order valence-corrected chi connectivity index (χ1v) is 4.10. The number of imidazole rings is 1. The summed E-state index contributed by atoms with van der Waals surface area (Å²) in [6.45, 7) is 4.12. The molecule has 0 atom stereocenters. The molecule has 0 aromatic carbocycles. The summed E-state index contributed by atoms with van der Waals surface area (Å²) in [5.74, 6) is 0.789. The number of nitrogens with zero attached hydrogens (tertiary/aromatic N) is 3. The molecule has 3 nitrogen and oxygen atoms in total. The molecule has 0 bridgehead atoms. The van der Waals surface area contributed by atoms with Crippen molar-refractivity contribution in [2.24, 2.45) is 0 Å². The zero-order valence-corrected chi connectivity index (χ0v) is 7.28. The molecule has 62 valence electrons. The fourth-order valence-electron chi connectivity index (χ4n) is 1.21. The predicted octanol–water partition coefficient (Wildman–Crippen LogP) is 1.60. The van der Waals surface area contributed by atoms with Crippen molar-refractivity contribution in [1.82, 2.24) is 14.4 Å². The highest BCUT2D eigenvalue weighted by atomic mass is 15.1. The molecule has 0 aliphatic carbocycles. The summed E-state index contributed by atoms with van der Waals surface area (Å²) < 4.78 is 1.97. The molecule has 12 heavy (non-hydrogen) atoms. The largest absolute Gasteiger partial charge is 0.291 e. The van der Waals surface area contributed by atoms with Gasteiger partial charge in [-0.05, 0) is 18.9 Å². The summed E-state index contributed by atoms with van der Waals surface area (Å²) in [7, 11) is 0. The zero-order chi connectivity index (χ0) is 8.55. The molecule has 0 aliphatic rings. The lowest BCUT2D eigenvalue weighted by molar-refractivity contribution is 1.07. The van der Waals surface area contributed by atoms with Crippen molar-refractivity contribution in [3.8, 4) is 0 Å². The van der Waals surface area contributed by atoms with Crippen LogP contribution < -0.4 is 0 Å². The highest BCUT2D eigenvalue weighted by molar-refractivity contribution is 5.31. The van der Waals surface area contributed by atoms with Crippen molar-refractivity contribution < 1.29 is 0 Å². The highest BCUT2D eigenvalue weighted by Crippen LogP contribution is 2.03. The lowest BCUT2D eigenvalue weighted by Crippen LogP contribution is -1.87. The maximum absolute atomic E-state index is 4.32. The molecule has 2 rings (SSSR count). The number of rotatable bonds is 1. The van der Waals surface area contributed by atoms with Crippen molar-refractivity contribution in [2.45, 2.75) is 20.3 Å². The molecule has 0 radical (unpaired) electrons. The zero-order valence-electron chi connectivity index (χ0n) is 7.28. The summed E-state index contributed by atoms with van der Waals surface area (Å²) in [5, 5.41) is 0. The van der Waals surface area contributed by atoms with E-state index < -0.39 is 0 Å². The Balaban J connectivity index is 2.67. The molecule has 0 unspecified atom stereocenters. The molecule has 0 saturated carbocycles. The summed E-state index contributed by atoms with van der Waals surface area (Å²) in [5.41, 5.74) is 2.25. The average Bonchev–Trinajstić information content (AvgIpc) is 2.46. The van der Waals surface area contributed by atoms with Crippen molar-refractivity contribution in [3.63, 3.8) is 0 Å². The van der Waals surface area contributed by atoms with E-state index in [0.29, 0.717) is 0 Å². The van der Waals surface area contributed by atoms with E-state index >= 15 is 0 Å². The monoisotopic (exact) mass is 161 g/mol. The average molecular weight is 161 g/mol. The third-order valence-electron chi connectivity index (χ3n) is 1.85. The van der Waals surface area contributed by atoms with Crippen LogP contribution >= 0.6 is 0 Å². The van der Waals surface area contributed by atoms with E-state index in [1.54, 1.807) is 0 Å². The first-order chi connectivity index (χ1) is 5.79. The molecule has 0 N–H and O–H groups in total. The molecule has 0 fully saturated rings. The fraction of sp³-hybridized carbons (Fsp3) is 0.333. The van der Waals surface area contributed by atoms with Crippen molar-refractivity contribution >= 4 is 5.78 Å². The van der Waals surface area contributed by atoms with Gasteiger partial charge in [-0.3, -0.25) is 4.40 Å². The number of hydrogen-bond acceptors (Lipinski definition) is 2. The Labute approximate surface area is 71.1 Å². The lowest BCUT2D eigenvalue weighted by Gasteiger charge is -1.91. The van der Waals surface area contributed by atoms with Gasteiger partial charge < -0.3 is 0 Å². The Morgan fingerprint density at radius 2 is 2.25 bits per heavy atom. The Bertz CT molecular complexity index is 403. The molecule has 2 aromatic heterocycles. The van der Waals surface area contributed by atoms with Gasteiger partial charge in [0.1, 0.15) is 0 Å². The van der Waals surface area contributed by atoms with Crippen LogP contribution in [0.15, 0.2) is 18.6 Å². The summed E-state index contributed by atoms with van der Waals surface area (Å²) in [6, 6.07) is 0. The van der Waals surface area contributed by atoms with E-state index in [4.69, 9.17) is 0 Å². The van der Waals surface area contributed by atoms with Crippen LogP contribution in [0.25, 0.3) is 5.78 Å². The van der Waals surface area contributed by atoms with Gasteiger partial charge in [0.2, 0.25) is 5.78 Å². The van der Waals surface area contributed by atoms with Crippen LogP contribution in [0.3, 0.4) is 0 Å². The second-order valence-electron chi connectivity index (χ2n) is 2.92. The number of aromatic nitrogens is 3. The Kier molecular flexibility index (Phi) is 1.57. The van der Waals surface area contributed by atoms with Gasteiger partial charge in [0, 0.05) is 18.6 Å². The van der Waals surface area contributed by atoms with Crippen molar-refractivity contribution in [1.29, 1.82) is 0 Å². The van der Waals surface area contributed by atoms with Gasteiger partial charge in [-0.1, -0.05) is 6.92 Å². The lowest BCUT2D eigenvalue weighted by atomic mass is 10.4. The minimum Gasteiger partial charge on any atom is -0.291 e. The summed E-state index contributed by atoms with van der Waals surface area (Å²) >= 11 is 0. The number of fused-ring (bicyclic) bond motifs is 1. The first kappa shape index (κ1) is 7.28. The van der Waals surface area contributed by atoms with Crippen molar-refractivity contribution in [3.05, 3.63) is 29.8 Å². The van der Waals surface area contributed by atoms with Gasteiger partial charge in [-0.25, -0.2) is 9.97 Å². The van der Waals surface area contributed by atoms with Crippen LogP contribution in [0.5, 0.6) is 0 Å². The third-order valence-corrected chi connectivity index (χ3v) is 1.85. The molecular weight excluding hydrogens is 150 g/mol. The normalized spacial score (nSPS) is 10.8. The maximum atomic E-state index is 4.32. The van der Waals surface area contributed by atoms with Gasteiger partial charge in [0.15, 0.2) is 0 Å². The van der Waals surface area contributed by atoms with Gasteiger partial charge >= 0.3 is 0 Å². The van der Waals surface area contributed by atoms with Gasteiger partial charge in [0.05, 0.1) is 5.69 Å². The topological polar surface area (TPSA) is 30.2 Å². The first-order valence-electron chi connectivity index (χ1n) is 4.10. The Hall–Kier alpha value is -1.38. The number of hydrogen-bond donors (Lipinski definition) is 0. The van der Waals surface area contributed by atoms with E-state index in [2.05, 4.69) is 16.9 Å². The van der Waals surface area contributed by atoms with E-state index in [1.165, 1.54) is 0 Å². The van der Waals surface area contributed by atoms with Crippen LogP contribution in [-0.2, 0) is 6.42 Å². The molecule has 0 saturated heterocycles. The van der Waals surface area contributed by atoms with Crippen molar-refractivity contribution in [2.75, 3.05) is 0 Å². The van der Waals surface area contributed by atoms with Crippen LogP contribution in [0.1, 0.15) is 18.2 Å². The van der Waals surface area contributed by atoms with Gasteiger partial charge in [-0.2, -0.15) is 0 Å². The van der Waals surface area contributed by atoms with E-state index in [9.17, 15) is 0 Å². The van der Waals surface area contributed by atoms with E-state index in [0.717, 1.165) is 23.5 Å². The van der Waals surface area contributed by atoms with Gasteiger partial charge in [0.25, 0.3) is 0 Å². The van der Waals surface area contributed by atoms with Crippen LogP contribution in [0.4, 0.5) is 0 Å². The molecule has 0 aliphatic heterocycles. The molecule has 0 spiro atoms. The molecule has 0 amide bonds. The predicted molar refractivity (Wildman–Crippen MR) is 47.1 cm³/mol. The smallest absolute Gasteiger partial charge is 0.233 e. The Morgan fingerprint density at radius 1 is 1.42 bits per heavy atom. The standard InChI is InChI=1S/C9H11N3/c1-3-8-6-12-5-7(2)4-10-9(12)11-8/h4-6H,3H2,1-2H3. The Morgan fingerprint density at radius 3 is 3.00 bits per heavy atom. The van der Waals surface area contributed by atoms with E-state index in [-0.39, 0.29) is 0 Å². The fourth-order valence-corrected chi connectivity index (χ4v) is 1.21. The summed E-state index contributed by atoms with van der Waals surface area (Å²) in [6.07, 6.45) is 6.86. The van der Waals surface area contributed by atoms with Crippen LogP contribution in [0.2, 0.25) is 0 Å².